The zero-order chi connectivity index (χ0) is 18.7. The van der Waals surface area contributed by atoms with Gasteiger partial charge < -0.3 is 10.2 Å². The number of aryl methyl sites for hydroxylation is 1. The van der Waals surface area contributed by atoms with E-state index in [0.717, 1.165) is 42.6 Å². The molecule has 6 nitrogen and oxygen atoms in total. The van der Waals surface area contributed by atoms with E-state index >= 15 is 0 Å². The van der Waals surface area contributed by atoms with E-state index in [0.29, 0.717) is 13.1 Å². The van der Waals surface area contributed by atoms with Gasteiger partial charge in [-0.25, -0.2) is 4.79 Å². The number of rotatable bonds is 5. The van der Waals surface area contributed by atoms with Gasteiger partial charge in [0, 0.05) is 13.1 Å². The summed E-state index contributed by atoms with van der Waals surface area (Å²) in [5, 5.41) is 2.77. The first-order valence-corrected chi connectivity index (χ1v) is 9.47. The number of hydrogen-bond donors (Lipinski definition) is 1. The summed E-state index contributed by atoms with van der Waals surface area (Å²) >= 11 is 0. The van der Waals surface area contributed by atoms with Gasteiger partial charge in [0.15, 0.2) is 0 Å². The predicted octanol–water partition coefficient (Wildman–Crippen LogP) is 2.42. The highest BCUT2D eigenvalue weighted by Gasteiger charge is 2.49. The molecule has 1 aromatic rings. The van der Waals surface area contributed by atoms with Gasteiger partial charge in [0.2, 0.25) is 5.91 Å². The second-order valence-electron chi connectivity index (χ2n) is 7.33. The summed E-state index contributed by atoms with van der Waals surface area (Å²) in [7, 11) is 0. The van der Waals surface area contributed by atoms with Gasteiger partial charge in [-0.05, 0) is 43.7 Å². The second kappa shape index (κ2) is 7.48. The lowest BCUT2D eigenvalue weighted by atomic mass is 9.91. The maximum absolute atomic E-state index is 12.9. The minimum absolute atomic E-state index is 0.157. The molecule has 2 heterocycles. The van der Waals surface area contributed by atoms with E-state index in [1.807, 2.05) is 24.3 Å². The van der Waals surface area contributed by atoms with E-state index in [4.69, 9.17) is 0 Å². The van der Waals surface area contributed by atoms with E-state index in [-0.39, 0.29) is 18.4 Å². The molecule has 0 aliphatic carbocycles. The molecule has 2 aliphatic rings. The molecule has 2 saturated heterocycles. The third-order valence-corrected chi connectivity index (χ3v) is 5.35. The lowest BCUT2D eigenvalue weighted by Gasteiger charge is -2.28. The summed E-state index contributed by atoms with van der Waals surface area (Å²) in [5.41, 5.74) is 0.821. The molecule has 6 heteroatoms. The van der Waals surface area contributed by atoms with Crippen molar-refractivity contribution in [3.05, 3.63) is 35.4 Å². The third-order valence-electron chi connectivity index (χ3n) is 5.35. The molecule has 2 aliphatic heterocycles. The molecular formula is C20H27N3O3. The highest BCUT2D eigenvalue weighted by Crippen LogP contribution is 2.29. The smallest absolute Gasteiger partial charge is 0.325 e. The number of piperidine rings is 1. The summed E-state index contributed by atoms with van der Waals surface area (Å²) in [4.78, 5) is 40.6. The van der Waals surface area contributed by atoms with Crippen LogP contribution in [0.15, 0.2) is 24.3 Å². The van der Waals surface area contributed by atoms with Gasteiger partial charge in [-0.1, -0.05) is 37.6 Å². The van der Waals surface area contributed by atoms with Crippen LogP contribution >= 0.6 is 0 Å². The van der Waals surface area contributed by atoms with Gasteiger partial charge in [-0.3, -0.25) is 14.5 Å². The quantitative estimate of drug-likeness (QED) is 0.823. The first-order chi connectivity index (χ1) is 12.5. The normalized spacial score (nSPS) is 23.3. The minimum atomic E-state index is -1.12. The van der Waals surface area contributed by atoms with Crippen molar-refractivity contribution in [2.75, 3.05) is 19.6 Å². The van der Waals surface area contributed by atoms with Gasteiger partial charge in [0.25, 0.3) is 5.91 Å². The van der Waals surface area contributed by atoms with Gasteiger partial charge in [0.1, 0.15) is 12.1 Å². The molecule has 140 valence electrons. The number of nitrogens with one attached hydrogen (secondary N) is 1. The molecule has 0 unspecified atom stereocenters. The van der Waals surface area contributed by atoms with Crippen molar-refractivity contribution in [2.24, 2.45) is 0 Å². The molecule has 1 N–H and O–H groups in total. The number of nitrogens with zero attached hydrogens (tertiary/aromatic N) is 2. The fourth-order valence-corrected chi connectivity index (χ4v) is 3.71. The molecular weight excluding hydrogens is 330 g/mol. The molecule has 0 aromatic heterocycles. The topological polar surface area (TPSA) is 69.7 Å². The second-order valence-corrected chi connectivity index (χ2v) is 7.33. The Bertz CT molecular complexity index is 695. The van der Waals surface area contributed by atoms with E-state index < -0.39 is 11.6 Å². The largest absolute Gasteiger partial charge is 0.341 e. The minimum Gasteiger partial charge on any atom is -0.341 e. The molecule has 4 amide bonds. The van der Waals surface area contributed by atoms with Crippen molar-refractivity contribution in [3.8, 4) is 0 Å². The third kappa shape index (κ3) is 3.45. The van der Waals surface area contributed by atoms with Crippen LogP contribution in [0.3, 0.4) is 0 Å². The molecule has 0 bridgehead atoms. The zero-order valence-electron chi connectivity index (χ0n) is 15.6. The number of carbonyl (C=O) groups excluding carboxylic acids is 3. The lowest BCUT2D eigenvalue weighted by Crippen LogP contribution is -2.45. The van der Waals surface area contributed by atoms with Gasteiger partial charge in [-0.15, -0.1) is 0 Å². The van der Waals surface area contributed by atoms with Crippen LogP contribution in [0.5, 0.6) is 0 Å². The van der Waals surface area contributed by atoms with Crippen LogP contribution in [0.2, 0.25) is 0 Å². The Morgan fingerprint density at radius 3 is 2.38 bits per heavy atom. The van der Waals surface area contributed by atoms with Crippen molar-refractivity contribution in [1.29, 1.82) is 0 Å². The number of amides is 4. The van der Waals surface area contributed by atoms with E-state index in [9.17, 15) is 14.4 Å². The number of likely N-dealkylation sites (tertiary alicyclic amines) is 1. The van der Waals surface area contributed by atoms with Crippen LogP contribution in [0.4, 0.5) is 4.79 Å². The molecule has 1 aromatic carbocycles. The fourth-order valence-electron chi connectivity index (χ4n) is 3.71. The SMILES string of the molecule is CCCc1ccc([C@@]2(C)NC(=O)N(CC(=O)N3CCCCC3)C2=O)cc1. The Labute approximate surface area is 154 Å². The van der Waals surface area contributed by atoms with Crippen LogP contribution in [0.25, 0.3) is 0 Å². The molecule has 0 radical (unpaired) electrons. The highest BCUT2D eigenvalue weighted by atomic mass is 16.2. The number of carbonyl (C=O) groups is 3. The highest BCUT2D eigenvalue weighted by molar-refractivity contribution is 6.09. The Morgan fingerprint density at radius 1 is 1.12 bits per heavy atom. The van der Waals surface area contributed by atoms with E-state index in [1.54, 1.807) is 11.8 Å². The van der Waals surface area contributed by atoms with Crippen LogP contribution in [-0.2, 0) is 21.5 Å². The summed E-state index contributed by atoms with van der Waals surface area (Å²) in [5.74, 6) is -0.521. The van der Waals surface area contributed by atoms with Crippen molar-refractivity contribution in [2.45, 2.75) is 51.5 Å². The molecule has 2 fully saturated rings. The number of imide groups is 1. The van der Waals surface area contributed by atoms with E-state index in [2.05, 4.69) is 12.2 Å². The average Bonchev–Trinajstić information content (AvgIpc) is 2.87. The maximum atomic E-state index is 12.9. The van der Waals surface area contributed by atoms with Crippen molar-refractivity contribution in [1.82, 2.24) is 15.1 Å². The summed E-state index contributed by atoms with van der Waals surface area (Å²) < 4.78 is 0. The van der Waals surface area contributed by atoms with Gasteiger partial charge in [0.05, 0.1) is 0 Å². The van der Waals surface area contributed by atoms with Crippen LogP contribution in [0.1, 0.15) is 50.7 Å². The molecule has 1 atom stereocenters. The monoisotopic (exact) mass is 357 g/mol. The molecule has 26 heavy (non-hydrogen) atoms. The maximum Gasteiger partial charge on any atom is 0.325 e. The lowest BCUT2D eigenvalue weighted by molar-refractivity contribution is -0.139. The Morgan fingerprint density at radius 2 is 1.77 bits per heavy atom. The first-order valence-electron chi connectivity index (χ1n) is 9.47. The number of urea groups is 1. The Balaban J connectivity index is 1.73. The fraction of sp³-hybridized carbons (Fsp3) is 0.550. The van der Waals surface area contributed by atoms with Crippen molar-refractivity contribution in [3.63, 3.8) is 0 Å². The first kappa shape index (κ1) is 18.4. The predicted molar refractivity (Wildman–Crippen MR) is 98.5 cm³/mol. The van der Waals surface area contributed by atoms with Crippen molar-refractivity contribution < 1.29 is 14.4 Å². The zero-order valence-corrected chi connectivity index (χ0v) is 15.6. The Hall–Kier alpha value is -2.37. The molecule has 0 spiro atoms. The average molecular weight is 357 g/mol. The Kier molecular flexibility index (Phi) is 5.30. The molecule has 0 saturated carbocycles. The van der Waals surface area contributed by atoms with Crippen LogP contribution in [0, 0.1) is 0 Å². The number of hydrogen-bond acceptors (Lipinski definition) is 3. The summed E-state index contributed by atoms with van der Waals surface area (Å²) in [6.45, 7) is 5.05. The number of benzene rings is 1. The van der Waals surface area contributed by atoms with Gasteiger partial charge in [-0.2, -0.15) is 0 Å². The van der Waals surface area contributed by atoms with Crippen LogP contribution in [-0.4, -0.2) is 47.3 Å². The van der Waals surface area contributed by atoms with E-state index in [1.165, 1.54) is 5.56 Å². The summed E-state index contributed by atoms with van der Waals surface area (Å²) in [6, 6.07) is 7.26. The van der Waals surface area contributed by atoms with Gasteiger partial charge >= 0.3 is 6.03 Å². The standard InChI is InChI=1S/C20H27N3O3/c1-3-7-15-8-10-16(11-9-15)20(2)18(25)23(19(26)21-20)14-17(24)22-12-5-4-6-13-22/h8-11H,3-7,12-14H2,1-2H3,(H,21,26)/t20-/m1/s1. The molecule has 3 rings (SSSR count). The van der Waals surface area contributed by atoms with Crippen molar-refractivity contribution >= 4 is 17.8 Å². The van der Waals surface area contributed by atoms with Crippen LogP contribution < -0.4 is 5.32 Å². The summed E-state index contributed by atoms with van der Waals surface area (Å²) in [6.07, 6.45) is 5.12.